The lowest BCUT2D eigenvalue weighted by Gasteiger charge is -2.16. The number of nitriles is 1. The zero-order chi connectivity index (χ0) is 17.1. The number of hydrogen-bond acceptors (Lipinski definition) is 5. The minimum Gasteiger partial charge on any atom is -0.387 e. The maximum atomic E-state index is 12.9. The SMILES string of the molecule is Cn1c(NC[C@H](O)c2ccc(F)cc2)c(C#N)c(=O)n(C)c1=O. The molecular formula is C15H15FN4O3. The van der Waals surface area contributed by atoms with Crippen molar-refractivity contribution in [3.63, 3.8) is 0 Å². The second kappa shape index (κ2) is 6.46. The number of aliphatic hydroxyl groups is 1. The molecule has 0 amide bonds. The van der Waals surface area contributed by atoms with Crippen LogP contribution in [0.5, 0.6) is 0 Å². The van der Waals surface area contributed by atoms with E-state index in [4.69, 9.17) is 5.26 Å². The molecule has 7 nitrogen and oxygen atoms in total. The van der Waals surface area contributed by atoms with Crippen LogP contribution < -0.4 is 16.6 Å². The fourth-order valence-corrected chi connectivity index (χ4v) is 2.15. The fourth-order valence-electron chi connectivity index (χ4n) is 2.15. The summed E-state index contributed by atoms with van der Waals surface area (Å²) in [6, 6.07) is 7.04. The van der Waals surface area contributed by atoms with Crippen molar-refractivity contribution in [1.29, 1.82) is 5.26 Å². The van der Waals surface area contributed by atoms with E-state index in [1.807, 2.05) is 0 Å². The molecule has 0 aliphatic carbocycles. The standard InChI is InChI=1S/C15H15FN4O3/c1-19-13(11(7-17)14(22)20(2)15(19)23)18-8-12(21)9-3-5-10(16)6-4-9/h3-6,12,18,21H,8H2,1-2H3/t12-/m0/s1. The summed E-state index contributed by atoms with van der Waals surface area (Å²) in [5.41, 5.74) is -1.06. The highest BCUT2D eigenvalue weighted by molar-refractivity contribution is 5.51. The molecule has 0 spiro atoms. The average molecular weight is 318 g/mol. The number of rotatable bonds is 4. The van der Waals surface area contributed by atoms with Crippen molar-refractivity contribution in [3.8, 4) is 6.07 Å². The molecule has 0 unspecified atom stereocenters. The first-order chi connectivity index (χ1) is 10.9. The average Bonchev–Trinajstić information content (AvgIpc) is 2.55. The molecule has 0 aliphatic rings. The van der Waals surface area contributed by atoms with Crippen molar-refractivity contribution in [3.05, 3.63) is 62.0 Å². The van der Waals surface area contributed by atoms with Crippen LogP contribution in [-0.4, -0.2) is 20.8 Å². The van der Waals surface area contributed by atoms with Crippen LogP contribution in [-0.2, 0) is 14.1 Å². The first-order valence-electron chi connectivity index (χ1n) is 6.74. The molecule has 120 valence electrons. The lowest BCUT2D eigenvalue weighted by Crippen LogP contribution is -2.40. The summed E-state index contributed by atoms with van der Waals surface area (Å²) in [7, 11) is 2.69. The number of hydrogen-bond donors (Lipinski definition) is 2. The number of aliphatic hydroxyl groups excluding tert-OH is 1. The number of nitrogens with zero attached hydrogens (tertiary/aromatic N) is 3. The van der Waals surface area contributed by atoms with E-state index in [1.165, 1.54) is 38.4 Å². The third-order valence-electron chi connectivity index (χ3n) is 3.49. The van der Waals surface area contributed by atoms with E-state index in [-0.39, 0.29) is 17.9 Å². The Morgan fingerprint density at radius 3 is 2.43 bits per heavy atom. The Labute approximate surface area is 130 Å². The highest BCUT2D eigenvalue weighted by atomic mass is 19.1. The molecule has 2 aromatic rings. The van der Waals surface area contributed by atoms with E-state index >= 15 is 0 Å². The summed E-state index contributed by atoms with van der Waals surface area (Å²) in [5, 5.41) is 21.9. The number of halogens is 1. The van der Waals surface area contributed by atoms with Gasteiger partial charge in [0.25, 0.3) is 5.56 Å². The summed E-state index contributed by atoms with van der Waals surface area (Å²) in [5.74, 6) is -0.392. The Kier molecular flexibility index (Phi) is 4.62. The molecule has 2 N–H and O–H groups in total. The van der Waals surface area contributed by atoms with Crippen LogP contribution >= 0.6 is 0 Å². The third kappa shape index (κ3) is 3.14. The maximum Gasteiger partial charge on any atom is 0.332 e. The molecule has 1 aromatic carbocycles. The molecule has 1 atom stereocenters. The van der Waals surface area contributed by atoms with Crippen LogP contribution in [0.15, 0.2) is 33.9 Å². The smallest absolute Gasteiger partial charge is 0.332 e. The molecule has 0 bridgehead atoms. The van der Waals surface area contributed by atoms with Crippen LogP contribution in [0, 0.1) is 17.1 Å². The van der Waals surface area contributed by atoms with Gasteiger partial charge in [0.2, 0.25) is 0 Å². The van der Waals surface area contributed by atoms with Gasteiger partial charge in [-0.3, -0.25) is 13.9 Å². The number of anilines is 1. The summed E-state index contributed by atoms with van der Waals surface area (Å²) < 4.78 is 14.8. The Morgan fingerprint density at radius 1 is 1.26 bits per heavy atom. The number of nitrogens with one attached hydrogen (secondary N) is 1. The van der Waals surface area contributed by atoms with E-state index < -0.39 is 23.2 Å². The molecule has 0 fully saturated rings. The third-order valence-corrected chi connectivity index (χ3v) is 3.49. The van der Waals surface area contributed by atoms with Gasteiger partial charge in [-0.15, -0.1) is 0 Å². The van der Waals surface area contributed by atoms with Crippen molar-refractivity contribution in [1.82, 2.24) is 9.13 Å². The minimum absolute atomic E-state index is 0.0294. The maximum absolute atomic E-state index is 12.9. The largest absolute Gasteiger partial charge is 0.387 e. The first-order valence-corrected chi connectivity index (χ1v) is 6.74. The van der Waals surface area contributed by atoms with Gasteiger partial charge in [-0.1, -0.05) is 12.1 Å². The zero-order valence-electron chi connectivity index (χ0n) is 12.6. The van der Waals surface area contributed by atoms with Crippen LogP contribution in [0.4, 0.5) is 10.2 Å². The van der Waals surface area contributed by atoms with E-state index in [2.05, 4.69) is 5.32 Å². The van der Waals surface area contributed by atoms with Crippen molar-refractivity contribution < 1.29 is 9.50 Å². The summed E-state index contributed by atoms with van der Waals surface area (Å²) in [6.45, 7) is -0.0548. The molecule has 2 rings (SSSR count). The predicted molar refractivity (Wildman–Crippen MR) is 81.5 cm³/mol. The molecule has 0 aliphatic heterocycles. The monoisotopic (exact) mass is 318 g/mol. The van der Waals surface area contributed by atoms with E-state index in [0.717, 1.165) is 9.13 Å². The van der Waals surface area contributed by atoms with Crippen LogP contribution in [0.2, 0.25) is 0 Å². The molecule has 0 radical (unpaired) electrons. The zero-order valence-corrected chi connectivity index (χ0v) is 12.6. The molecule has 1 aromatic heterocycles. The lowest BCUT2D eigenvalue weighted by molar-refractivity contribution is 0.191. The fraction of sp³-hybridized carbons (Fsp3) is 0.267. The van der Waals surface area contributed by atoms with E-state index in [0.29, 0.717) is 5.56 Å². The van der Waals surface area contributed by atoms with Crippen LogP contribution in [0.1, 0.15) is 17.2 Å². The van der Waals surface area contributed by atoms with Crippen molar-refractivity contribution in [2.45, 2.75) is 6.10 Å². The van der Waals surface area contributed by atoms with Crippen LogP contribution in [0.25, 0.3) is 0 Å². The van der Waals surface area contributed by atoms with Crippen molar-refractivity contribution in [2.24, 2.45) is 14.1 Å². The number of benzene rings is 1. The molecular weight excluding hydrogens is 303 g/mol. The second-order valence-electron chi connectivity index (χ2n) is 4.99. The first kappa shape index (κ1) is 16.5. The van der Waals surface area contributed by atoms with Crippen molar-refractivity contribution in [2.75, 3.05) is 11.9 Å². The molecule has 0 saturated carbocycles. The molecule has 0 saturated heterocycles. The highest BCUT2D eigenvalue weighted by Gasteiger charge is 2.16. The van der Waals surface area contributed by atoms with Crippen LogP contribution in [0.3, 0.4) is 0 Å². The van der Waals surface area contributed by atoms with Gasteiger partial charge in [-0.05, 0) is 17.7 Å². The Balaban J connectivity index is 2.31. The van der Waals surface area contributed by atoms with E-state index in [1.54, 1.807) is 6.07 Å². The van der Waals surface area contributed by atoms with Gasteiger partial charge in [-0.25, -0.2) is 9.18 Å². The highest BCUT2D eigenvalue weighted by Crippen LogP contribution is 2.15. The minimum atomic E-state index is -0.999. The molecule has 23 heavy (non-hydrogen) atoms. The van der Waals surface area contributed by atoms with Gasteiger partial charge in [0, 0.05) is 20.6 Å². The van der Waals surface area contributed by atoms with Crippen molar-refractivity contribution >= 4 is 5.82 Å². The summed E-state index contributed by atoms with van der Waals surface area (Å²) in [4.78, 5) is 23.8. The normalized spacial score (nSPS) is 11.8. The topological polar surface area (TPSA) is 100 Å². The predicted octanol–water partition coefficient (Wildman–Crippen LogP) is 0.240. The molecule has 8 heteroatoms. The number of aromatic nitrogens is 2. The van der Waals surface area contributed by atoms with Gasteiger partial charge in [0.05, 0.1) is 6.10 Å². The van der Waals surface area contributed by atoms with Gasteiger partial charge < -0.3 is 10.4 Å². The Morgan fingerprint density at radius 2 is 1.87 bits per heavy atom. The van der Waals surface area contributed by atoms with Gasteiger partial charge in [0.15, 0.2) is 5.56 Å². The van der Waals surface area contributed by atoms with Gasteiger partial charge in [-0.2, -0.15) is 5.26 Å². The quantitative estimate of drug-likeness (QED) is 0.841. The lowest BCUT2D eigenvalue weighted by atomic mass is 10.1. The summed E-state index contributed by atoms with van der Waals surface area (Å²) >= 11 is 0. The van der Waals surface area contributed by atoms with Gasteiger partial charge >= 0.3 is 5.69 Å². The molecule has 1 heterocycles. The Hall–Kier alpha value is -2.92. The second-order valence-corrected chi connectivity index (χ2v) is 4.99. The van der Waals surface area contributed by atoms with Gasteiger partial charge in [0.1, 0.15) is 17.7 Å². The Bertz CT molecular complexity index is 878. The summed E-state index contributed by atoms with van der Waals surface area (Å²) in [6.07, 6.45) is -0.999. The van der Waals surface area contributed by atoms with E-state index in [9.17, 15) is 19.1 Å².